The van der Waals surface area contributed by atoms with E-state index in [0.29, 0.717) is 42.5 Å². The molecule has 1 heterocycles. The molecule has 0 radical (unpaired) electrons. The number of nitrogens with one attached hydrogen (secondary N) is 1. The van der Waals surface area contributed by atoms with Crippen molar-refractivity contribution in [3.63, 3.8) is 0 Å². The van der Waals surface area contributed by atoms with E-state index in [-0.39, 0.29) is 17.9 Å². The highest BCUT2D eigenvalue weighted by Crippen LogP contribution is 2.26. The van der Waals surface area contributed by atoms with Gasteiger partial charge < -0.3 is 19.5 Å². The number of carbonyl (C=O) groups excluding carboxylic acids is 1. The molecule has 1 amide bonds. The van der Waals surface area contributed by atoms with Gasteiger partial charge in [-0.3, -0.25) is 9.59 Å². The molecule has 3 rings (SSSR count). The van der Waals surface area contributed by atoms with Gasteiger partial charge in [0.1, 0.15) is 17.2 Å². The summed E-state index contributed by atoms with van der Waals surface area (Å²) < 4.78 is 17.3. The second-order valence-electron chi connectivity index (χ2n) is 6.99. The van der Waals surface area contributed by atoms with Crippen molar-refractivity contribution in [2.24, 2.45) is 0 Å². The molecule has 0 bridgehead atoms. The van der Waals surface area contributed by atoms with Gasteiger partial charge in [0.05, 0.1) is 26.5 Å². The van der Waals surface area contributed by atoms with Crippen molar-refractivity contribution in [3.8, 4) is 28.5 Å². The minimum Gasteiger partial charge on any atom is -0.497 e. The fourth-order valence-corrected chi connectivity index (χ4v) is 3.14. The maximum absolute atomic E-state index is 12.3. The van der Waals surface area contributed by atoms with Crippen molar-refractivity contribution in [2.75, 3.05) is 26.1 Å². The molecule has 0 aliphatic carbocycles. The second-order valence-corrected chi connectivity index (χ2v) is 6.99. The third-order valence-electron chi connectivity index (χ3n) is 4.74. The third-order valence-corrected chi connectivity index (χ3v) is 4.74. The molecular formula is C24H27N3O5. The number of amides is 1. The largest absolute Gasteiger partial charge is 0.497 e. The van der Waals surface area contributed by atoms with E-state index < -0.39 is 0 Å². The molecule has 3 aromatic rings. The predicted octanol–water partition coefficient (Wildman–Crippen LogP) is 3.75. The van der Waals surface area contributed by atoms with Crippen LogP contribution in [-0.4, -0.2) is 36.5 Å². The van der Waals surface area contributed by atoms with E-state index in [9.17, 15) is 9.59 Å². The highest BCUT2D eigenvalue weighted by molar-refractivity contribution is 5.91. The van der Waals surface area contributed by atoms with Crippen molar-refractivity contribution in [1.82, 2.24) is 9.78 Å². The molecular weight excluding hydrogens is 410 g/mol. The van der Waals surface area contributed by atoms with Gasteiger partial charge in [-0.05, 0) is 43.7 Å². The molecule has 0 saturated heterocycles. The lowest BCUT2D eigenvalue weighted by Crippen LogP contribution is -2.23. The van der Waals surface area contributed by atoms with Crippen LogP contribution >= 0.6 is 0 Å². The number of rotatable bonds is 10. The Morgan fingerprint density at radius 3 is 2.28 bits per heavy atom. The highest BCUT2D eigenvalue weighted by atomic mass is 16.5. The number of anilines is 1. The van der Waals surface area contributed by atoms with Crippen molar-refractivity contribution in [3.05, 3.63) is 65.0 Å². The molecule has 0 saturated carbocycles. The Bertz CT molecular complexity index is 1090. The first-order valence-electron chi connectivity index (χ1n) is 10.4. The summed E-state index contributed by atoms with van der Waals surface area (Å²) in [5.74, 6) is 1.78. The van der Waals surface area contributed by atoms with E-state index in [2.05, 4.69) is 10.4 Å². The molecule has 1 aromatic heterocycles. The lowest BCUT2D eigenvalue weighted by Gasteiger charge is -2.10. The molecule has 0 aliphatic heterocycles. The molecule has 168 valence electrons. The molecule has 2 aromatic carbocycles. The number of benzene rings is 2. The van der Waals surface area contributed by atoms with Gasteiger partial charge in [0, 0.05) is 48.5 Å². The van der Waals surface area contributed by atoms with Crippen LogP contribution in [0.3, 0.4) is 0 Å². The van der Waals surface area contributed by atoms with Gasteiger partial charge in [-0.1, -0.05) is 0 Å². The van der Waals surface area contributed by atoms with E-state index in [1.165, 1.54) is 10.7 Å². The van der Waals surface area contributed by atoms with E-state index in [0.717, 1.165) is 11.3 Å². The van der Waals surface area contributed by atoms with Gasteiger partial charge in [0.15, 0.2) is 0 Å². The fraction of sp³-hybridized carbons (Fsp3) is 0.292. The third kappa shape index (κ3) is 6.10. The Kier molecular flexibility index (Phi) is 7.85. The zero-order valence-corrected chi connectivity index (χ0v) is 18.5. The van der Waals surface area contributed by atoms with Crippen molar-refractivity contribution in [2.45, 2.75) is 26.3 Å². The molecule has 8 nitrogen and oxygen atoms in total. The number of carbonyl (C=O) groups is 1. The Morgan fingerprint density at radius 2 is 1.66 bits per heavy atom. The summed E-state index contributed by atoms with van der Waals surface area (Å²) in [5.41, 5.74) is 1.93. The number of aromatic nitrogens is 2. The maximum Gasteiger partial charge on any atom is 0.266 e. The van der Waals surface area contributed by atoms with Crippen LogP contribution in [0.15, 0.2) is 59.4 Å². The zero-order valence-electron chi connectivity index (χ0n) is 18.5. The average Bonchev–Trinajstić information content (AvgIpc) is 2.80. The Hall–Kier alpha value is -3.81. The summed E-state index contributed by atoms with van der Waals surface area (Å²) in [5, 5.41) is 7.27. The van der Waals surface area contributed by atoms with Gasteiger partial charge >= 0.3 is 0 Å². The quantitative estimate of drug-likeness (QED) is 0.519. The smallest absolute Gasteiger partial charge is 0.266 e. The molecule has 0 aliphatic rings. The van der Waals surface area contributed by atoms with E-state index in [1.807, 2.05) is 31.2 Å². The molecule has 1 N–H and O–H groups in total. The topological polar surface area (TPSA) is 91.7 Å². The Morgan fingerprint density at radius 1 is 0.969 bits per heavy atom. The molecule has 32 heavy (non-hydrogen) atoms. The monoisotopic (exact) mass is 437 g/mol. The lowest BCUT2D eigenvalue weighted by molar-refractivity contribution is -0.116. The van der Waals surface area contributed by atoms with Crippen LogP contribution in [0.25, 0.3) is 11.3 Å². The number of aryl methyl sites for hydroxylation is 1. The summed E-state index contributed by atoms with van der Waals surface area (Å²) >= 11 is 0. The van der Waals surface area contributed by atoms with Crippen molar-refractivity contribution >= 4 is 11.6 Å². The number of hydrogen-bond donors (Lipinski definition) is 1. The fourth-order valence-electron chi connectivity index (χ4n) is 3.14. The van der Waals surface area contributed by atoms with Crippen LogP contribution < -0.4 is 25.1 Å². The summed E-state index contributed by atoms with van der Waals surface area (Å²) in [4.78, 5) is 24.6. The summed E-state index contributed by atoms with van der Waals surface area (Å²) in [7, 11) is 3.10. The average molecular weight is 437 g/mol. The highest BCUT2D eigenvalue weighted by Gasteiger charge is 2.08. The van der Waals surface area contributed by atoms with Crippen LogP contribution in [0, 0.1) is 0 Å². The number of hydrogen-bond acceptors (Lipinski definition) is 6. The second kappa shape index (κ2) is 11.0. The normalized spacial score (nSPS) is 10.5. The van der Waals surface area contributed by atoms with E-state index in [4.69, 9.17) is 14.2 Å². The minimum atomic E-state index is -0.211. The van der Waals surface area contributed by atoms with E-state index >= 15 is 0 Å². The molecule has 0 fully saturated rings. The van der Waals surface area contributed by atoms with Gasteiger partial charge in [-0.2, -0.15) is 5.10 Å². The minimum absolute atomic E-state index is 0.170. The first-order chi connectivity index (χ1) is 15.5. The molecule has 8 heteroatoms. The van der Waals surface area contributed by atoms with Gasteiger partial charge in [-0.15, -0.1) is 0 Å². The van der Waals surface area contributed by atoms with Crippen LogP contribution in [0.1, 0.15) is 19.8 Å². The van der Waals surface area contributed by atoms with Gasteiger partial charge in [-0.25, -0.2) is 4.68 Å². The van der Waals surface area contributed by atoms with Crippen LogP contribution in [-0.2, 0) is 11.3 Å². The number of ether oxygens (including phenoxy) is 3. The molecule has 0 atom stereocenters. The first kappa shape index (κ1) is 22.9. The van der Waals surface area contributed by atoms with Crippen molar-refractivity contribution in [1.29, 1.82) is 0 Å². The zero-order chi connectivity index (χ0) is 22.9. The predicted molar refractivity (Wildman–Crippen MR) is 123 cm³/mol. The van der Waals surface area contributed by atoms with Gasteiger partial charge in [0.25, 0.3) is 5.56 Å². The Labute approximate surface area is 186 Å². The summed E-state index contributed by atoms with van der Waals surface area (Å²) in [6.07, 6.45) is 0.702. The first-order valence-corrected chi connectivity index (χ1v) is 10.4. The number of nitrogens with zero attached hydrogens (tertiary/aromatic N) is 2. The summed E-state index contributed by atoms with van der Waals surface area (Å²) in [6.45, 7) is 2.86. The summed E-state index contributed by atoms with van der Waals surface area (Å²) in [6, 6.07) is 15.9. The van der Waals surface area contributed by atoms with Crippen LogP contribution in [0.4, 0.5) is 5.69 Å². The van der Waals surface area contributed by atoms with E-state index in [1.54, 1.807) is 38.5 Å². The standard InChI is InChI=1S/C24H27N3O5/c1-4-32-19-9-7-17(8-10-19)22-11-12-24(29)27(26-22)13-5-6-23(28)25-18-14-20(30-2)16-21(15-18)31-3/h7-12,14-16H,4-6,13H2,1-3H3,(H,25,28). The van der Waals surface area contributed by atoms with Crippen molar-refractivity contribution < 1.29 is 19.0 Å². The van der Waals surface area contributed by atoms with Crippen LogP contribution in [0.2, 0.25) is 0 Å². The van der Waals surface area contributed by atoms with Gasteiger partial charge in [0.2, 0.25) is 5.91 Å². The van der Waals surface area contributed by atoms with Crippen LogP contribution in [0.5, 0.6) is 17.2 Å². The molecule has 0 spiro atoms. The lowest BCUT2D eigenvalue weighted by atomic mass is 10.1. The molecule has 0 unspecified atom stereocenters. The Balaban J connectivity index is 1.60. The maximum atomic E-state index is 12.3. The number of methoxy groups -OCH3 is 2. The SMILES string of the molecule is CCOc1ccc(-c2ccc(=O)n(CCCC(=O)Nc3cc(OC)cc(OC)c3)n2)cc1.